The minimum Gasteiger partial charge on any atom is -0.496 e. The number of amides is 1. The standard InChI is InChI=1S/C36H40BrN3O5.ClH/c1-24-12-11-15-31(39-18-9-6-10-19-39)34(24)40(36(45-4)17-16-28(25(2)23-36)26-13-7-5-8-14-26)38-33(41)21-27-20-32(44-3)29(35(42)43)22-30(27)37;/h5,7-8,11-17,20,22-23,28H,6,9-10,18-19,21H2,1-4H3,(H,38,41)(H,42,43);1H. The van der Waals surface area contributed by atoms with Gasteiger partial charge in [0.1, 0.15) is 11.3 Å². The Morgan fingerprint density at radius 1 is 1.04 bits per heavy atom. The molecule has 1 amide bonds. The zero-order valence-corrected chi connectivity index (χ0v) is 29.0. The van der Waals surface area contributed by atoms with E-state index in [1.165, 1.54) is 25.2 Å². The zero-order chi connectivity index (χ0) is 32.1. The second-order valence-corrected chi connectivity index (χ2v) is 12.4. The van der Waals surface area contributed by atoms with E-state index >= 15 is 0 Å². The number of anilines is 2. The van der Waals surface area contributed by atoms with E-state index in [2.05, 4.69) is 69.6 Å². The van der Waals surface area contributed by atoms with Crippen LogP contribution in [0.3, 0.4) is 0 Å². The number of hydrogen-bond acceptors (Lipinski definition) is 6. The highest BCUT2D eigenvalue weighted by Crippen LogP contribution is 2.42. The predicted octanol–water partition coefficient (Wildman–Crippen LogP) is 7.60. The quantitative estimate of drug-likeness (QED) is 0.127. The Labute approximate surface area is 285 Å². The molecule has 244 valence electrons. The molecule has 3 aromatic rings. The number of carbonyl (C=O) groups is 2. The van der Waals surface area contributed by atoms with Crippen LogP contribution in [0.15, 0.2) is 88.9 Å². The molecule has 0 aromatic heterocycles. The molecule has 5 rings (SSSR count). The number of ether oxygens (including phenoxy) is 2. The summed E-state index contributed by atoms with van der Waals surface area (Å²) < 4.78 is 12.2. The van der Waals surface area contributed by atoms with E-state index in [1.807, 2.05) is 42.3 Å². The van der Waals surface area contributed by atoms with Gasteiger partial charge in [0.05, 0.1) is 24.9 Å². The normalized spacial score (nSPS) is 19.1. The number of rotatable bonds is 10. The van der Waals surface area contributed by atoms with Crippen molar-refractivity contribution in [1.29, 1.82) is 0 Å². The Hall–Kier alpha value is -3.79. The maximum atomic E-state index is 14.0. The molecule has 1 fully saturated rings. The van der Waals surface area contributed by atoms with Crippen LogP contribution in [-0.4, -0.2) is 50.0 Å². The molecule has 46 heavy (non-hydrogen) atoms. The first kappa shape index (κ1) is 35.1. The summed E-state index contributed by atoms with van der Waals surface area (Å²) in [6, 6.07) is 19.6. The molecule has 0 radical (unpaired) electrons. The summed E-state index contributed by atoms with van der Waals surface area (Å²) in [6.45, 7) is 6.00. The van der Waals surface area contributed by atoms with Crippen LogP contribution in [0.25, 0.3) is 0 Å². The van der Waals surface area contributed by atoms with Crippen molar-refractivity contribution < 1.29 is 24.2 Å². The van der Waals surface area contributed by atoms with Gasteiger partial charge >= 0.3 is 5.97 Å². The van der Waals surface area contributed by atoms with Crippen LogP contribution in [-0.2, 0) is 16.0 Å². The SMILES string of the molecule is COc1cc(CC(=O)NN(c2c(C)cccc2N2CCCCC2)C2(OC)C=CC(c3ccccc3)C(C)=C2)c(Br)cc1C(=O)O.Cl. The fraction of sp³-hybridized carbons (Fsp3) is 0.333. The van der Waals surface area contributed by atoms with Gasteiger partial charge in [-0.1, -0.05) is 70.0 Å². The average Bonchev–Trinajstić information content (AvgIpc) is 3.05. The lowest BCUT2D eigenvalue weighted by Gasteiger charge is -2.45. The van der Waals surface area contributed by atoms with E-state index in [1.54, 1.807) is 13.2 Å². The van der Waals surface area contributed by atoms with Gasteiger partial charge in [0, 0.05) is 30.6 Å². The third-order valence-electron chi connectivity index (χ3n) is 8.61. The Bertz CT molecular complexity index is 1620. The smallest absolute Gasteiger partial charge is 0.339 e. The summed E-state index contributed by atoms with van der Waals surface area (Å²) >= 11 is 3.47. The Morgan fingerprint density at radius 2 is 1.76 bits per heavy atom. The summed E-state index contributed by atoms with van der Waals surface area (Å²) in [6.07, 6.45) is 9.62. The summed E-state index contributed by atoms with van der Waals surface area (Å²) in [4.78, 5) is 28.1. The number of hydrazine groups is 1. The number of para-hydroxylation sites is 1. The largest absolute Gasteiger partial charge is 0.496 e. The van der Waals surface area contributed by atoms with E-state index in [0.717, 1.165) is 48.4 Å². The molecule has 0 spiro atoms. The minimum absolute atomic E-state index is 0. The highest BCUT2D eigenvalue weighted by Gasteiger charge is 2.40. The van der Waals surface area contributed by atoms with Crippen LogP contribution in [0.5, 0.6) is 5.75 Å². The molecule has 1 aliphatic heterocycles. The van der Waals surface area contributed by atoms with Crippen LogP contribution in [0.2, 0.25) is 0 Å². The molecule has 1 aliphatic carbocycles. The molecule has 2 unspecified atom stereocenters. The molecule has 1 saturated heterocycles. The lowest BCUT2D eigenvalue weighted by molar-refractivity contribution is -0.121. The topological polar surface area (TPSA) is 91.3 Å². The number of nitrogens with zero attached hydrogens (tertiary/aromatic N) is 2. The fourth-order valence-corrected chi connectivity index (χ4v) is 6.77. The highest BCUT2D eigenvalue weighted by atomic mass is 79.9. The van der Waals surface area contributed by atoms with Crippen LogP contribution in [0.1, 0.15) is 59.2 Å². The predicted molar refractivity (Wildman–Crippen MR) is 188 cm³/mol. The van der Waals surface area contributed by atoms with Gasteiger partial charge in [0.2, 0.25) is 5.91 Å². The van der Waals surface area contributed by atoms with Gasteiger partial charge in [-0.15, -0.1) is 12.4 Å². The van der Waals surface area contributed by atoms with Crippen LogP contribution >= 0.6 is 28.3 Å². The van der Waals surface area contributed by atoms with Gasteiger partial charge < -0.3 is 19.5 Å². The molecule has 8 nitrogen and oxygen atoms in total. The van der Waals surface area contributed by atoms with E-state index in [9.17, 15) is 14.7 Å². The Balaban J connectivity index is 0.00000480. The molecule has 0 bridgehead atoms. The molecule has 1 heterocycles. The Kier molecular flexibility index (Phi) is 11.6. The first-order valence-electron chi connectivity index (χ1n) is 15.2. The first-order valence-corrected chi connectivity index (χ1v) is 16.0. The number of hydrogen-bond donors (Lipinski definition) is 2. The van der Waals surface area contributed by atoms with Crippen LogP contribution < -0.4 is 20.1 Å². The van der Waals surface area contributed by atoms with E-state index in [4.69, 9.17) is 9.47 Å². The zero-order valence-electron chi connectivity index (χ0n) is 26.6. The average molecular weight is 711 g/mol. The number of carboxylic acid groups (broad SMARTS) is 1. The van der Waals surface area contributed by atoms with Crippen molar-refractivity contribution in [1.82, 2.24) is 5.43 Å². The van der Waals surface area contributed by atoms with Crippen molar-refractivity contribution in [2.75, 3.05) is 37.2 Å². The van der Waals surface area contributed by atoms with Crippen LogP contribution in [0, 0.1) is 6.92 Å². The number of piperidine rings is 1. The first-order chi connectivity index (χ1) is 21.7. The van der Waals surface area contributed by atoms with Gasteiger partial charge in [-0.05, 0) is 80.2 Å². The number of carboxylic acids is 1. The van der Waals surface area contributed by atoms with E-state index in [-0.39, 0.29) is 42.0 Å². The molecule has 2 N–H and O–H groups in total. The lowest BCUT2D eigenvalue weighted by Crippen LogP contribution is -2.58. The second kappa shape index (κ2) is 15.2. The maximum absolute atomic E-state index is 14.0. The van der Waals surface area contributed by atoms with Gasteiger partial charge in [0.25, 0.3) is 0 Å². The lowest BCUT2D eigenvalue weighted by atomic mass is 9.85. The van der Waals surface area contributed by atoms with Crippen molar-refractivity contribution in [3.63, 3.8) is 0 Å². The summed E-state index contributed by atoms with van der Waals surface area (Å²) in [5.41, 5.74) is 7.85. The molecule has 3 aromatic carbocycles. The van der Waals surface area contributed by atoms with E-state index < -0.39 is 11.7 Å². The van der Waals surface area contributed by atoms with Crippen molar-refractivity contribution in [2.45, 2.75) is 51.2 Å². The molecular formula is C36H41BrClN3O5. The number of nitrogens with one attached hydrogen (secondary N) is 1. The number of halogens is 2. The van der Waals surface area contributed by atoms with Crippen LogP contribution in [0.4, 0.5) is 11.4 Å². The maximum Gasteiger partial charge on any atom is 0.339 e. The fourth-order valence-electron chi connectivity index (χ4n) is 6.29. The highest BCUT2D eigenvalue weighted by molar-refractivity contribution is 9.10. The molecule has 10 heteroatoms. The number of aromatic carboxylic acids is 1. The number of aryl methyl sites for hydroxylation is 1. The van der Waals surface area contributed by atoms with E-state index in [0.29, 0.717) is 10.0 Å². The molecular weight excluding hydrogens is 670 g/mol. The van der Waals surface area contributed by atoms with Gasteiger partial charge in [0.15, 0.2) is 5.72 Å². The van der Waals surface area contributed by atoms with Crippen molar-refractivity contribution in [2.24, 2.45) is 0 Å². The minimum atomic E-state index is -1.12. The third kappa shape index (κ3) is 7.27. The summed E-state index contributed by atoms with van der Waals surface area (Å²) in [5, 5.41) is 11.4. The molecule has 2 atom stereocenters. The van der Waals surface area contributed by atoms with Gasteiger partial charge in [-0.2, -0.15) is 0 Å². The Morgan fingerprint density at radius 3 is 2.39 bits per heavy atom. The monoisotopic (exact) mass is 709 g/mol. The number of allylic oxidation sites excluding steroid dienone is 2. The number of carbonyl (C=O) groups excluding carboxylic acids is 1. The summed E-state index contributed by atoms with van der Waals surface area (Å²) in [7, 11) is 3.07. The molecule has 0 saturated carbocycles. The number of benzene rings is 3. The van der Waals surface area contributed by atoms with Crippen molar-refractivity contribution in [3.05, 3.63) is 111 Å². The second-order valence-electron chi connectivity index (χ2n) is 11.6. The molecule has 2 aliphatic rings. The number of methoxy groups -OCH3 is 2. The summed E-state index contributed by atoms with van der Waals surface area (Å²) in [5.74, 6) is -1.15. The third-order valence-corrected chi connectivity index (χ3v) is 9.35. The van der Waals surface area contributed by atoms with Crippen molar-refractivity contribution >= 4 is 51.6 Å². The van der Waals surface area contributed by atoms with Gasteiger partial charge in [-0.3, -0.25) is 10.2 Å². The van der Waals surface area contributed by atoms with Gasteiger partial charge in [-0.25, -0.2) is 9.80 Å². The van der Waals surface area contributed by atoms with Crippen molar-refractivity contribution in [3.8, 4) is 5.75 Å².